The van der Waals surface area contributed by atoms with Crippen molar-refractivity contribution in [2.24, 2.45) is 0 Å². The Bertz CT molecular complexity index is 395. The van der Waals surface area contributed by atoms with Gasteiger partial charge in [0.1, 0.15) is 18.0 Å². The second kappa shape index (κ2) is 5.47. The quantitative estimate of drug-likeness (QED) is 0.778. The first-order valence-electron chi connectivity index (χ1n) is 5.80. The second-order valence-corrected chi connectivity index (χ2v) is 5.23. The number of hydrogen-bond donors (Lipinski definition) is 0. The Balaban J connectivity index is 2.01. The van der Waals surface area contributed by atoms with E-state index < -0.39 is 0 Å². The number of aryl methyl sites for hydroxylation is 1. The molecule has 1 aliphatic rings. The van der Waals surface area contributed by atoms with E-state index in [1.807, 2.05) is 32.0 Å². The lowest BCUT2D eigenvalue weighted by Gasteiger charge is -2.40. The molecular weight excluding hydrogens is 259 g/mol. The molecule has 2 rings (SSSR count). The Morgan fingerprint density at radius 3 is 2.76 bits per heavy atom. The summed E-state index contributed by atoms with van der Waals surface area (Å²) >= 11 is 12.2. The number of ether oxygens (including phenoxy) is 2. The zero-order valence-electron chi connectivity index (χ0n) is 9.95. The van der Waals surface area contributed by atoms with E-state index in [9.17, 15) is 0 Å². The Kier molecular flexibility index (Phi) is 4.18. The molecule has 1 fully saturated rings. The van der Waals surface area contributed by atoms with Crippen LogP contribution < -0.4 is 4.74 Å². The molecular formula is C13H16Cl2O2. The van der Waals surface area contributed by atoms with Gasteiger partial charge in [0.2, 0.25) is 0 Å². The fraction of sp³-hybridized carbons (Fsp3) is 0.538. The van der Waals surface area contributed by atoms with Crippen molar-refractivity contribution in [1.82, 2.24) is 0 Å². The van der Waals surface area contributed by atoms with Crippen LogP contribution in [0.2, 0.25) is 5.02 Å². The van der Waals surface area contributed by atoms with Crippen LogP contribution in [0.3, 0.4) is 0 Å². The lowest BCUT2D eigenvalue weighted by Crippen LogP contribution is -2.52. The molecule has 3 unspecified atom stereocenters. The van der Waals surface area contributed by atoms with E-state index >= 15 is 0 Å². The Labute approximate surface area is 112 Å². The Morgan fingerprint density at radius 1 is 1.41 bits per heavy atom. The van der Waals surface area contributed by atoms with Crippen molar-refractivity contribution in [3.05, 3.63) is 28.8 Å². The topological polar surface area (TPSA) is 18.5 Å². The molecule has 1 saturated carbocycles. The van der Waals surface area contributed by atoms with Gasteiger partial charge >= 0.3 is 0 Å². The summed E-state index contributed by atoms with van der Waals surface area (Å²) in [4.78, 5) is 0. The molecule has 1 aliphatic carbocycles. The van der Waals surface area contributed by atoms with Gasteiger partial charge in [0.05, 0.1) is 10.4 Å². The van der Waals surface area contributed by atoms with E-state index in [-0.39, 0.29) is 17.6 Å². The Morgan fingerprint density at radius 2 is 2.18 bits per heavy atom. The molecule has 94 valence electrons. The zero-order valence-corrected chi connectivity index (χ0v) is 11.5. The molecule has 0 heterocycles. The summed E-state index contributed by atoms with van der Waals surface area (Å²) in [6, 6.07) is 5.76. The smallest absolute Gasteiger partial charge is 0.138 e. The molecule has 0 N–H and O–H groups in total. The van der Waals surface area contributed by atoms with Crippen LogP contribution in [-0.2, 0) is 4.74 Å². The van der Waals surface area contributed by atoms with Crippen LogP contribution in [0.4, 0.5) is 0 Å². The first-order chi connectivity index (χ1) is 8.11. The third kappa shape index (κ3) is 2.87. The molecule has 0 aromatic heterocycles. The molecule has 0 bridgehead atoms. The summed E-state index contributed by atoms with van der Waals surface area (Å²) < 4.78 is 11.4. The molecule has 0 aliphatic heterocycles. The summed E-state index contributed by atoms with van der Waals surface area (Å²) in [5, 5.41) is 0.683. The van der Waals surface area contributed by atoms with Gasteiger partial charge in [0.15, 0.2) is 0 Å². The molecule has 0 spiro atoms. The third-order valence-corrected chi connectivity index (χ3v) is 3.63. The summed E-state index contributed by atoms with van der Waals surface area (Å²) in [6.07, 6.45) is 0.785. The minimum Gasteiger partial charge on any atom is -0.486 e. The van der Waals surface area contributed by atoms with E-state index in [2.05, 4.69) is 0 Å². The van der Waals surface area contributed by atoms with Crippen LogP contribution in [0, 0.1) is 6.92 Å². The summed E-state index contributed by atoms with van der Waals surface area (Å²) in [6.45, 7) is 4.60. The van der Waals surface area contributed by atoms with Gasteiger partial charge in [-0.15, -0.1) is 11.6 Å². The largest absolute Gasteiger partial charge is 0.486 e. The average molecular weight is 275 g/mol. The summed E-state index contributed by atoms with van der Waals surface area (Å²) in [7, 11) is 0. The average Bonchev–Trinajstić information content (AvgIpc) is 2.28. The molecule has 0 amide bonds. The fourth-order valence-corrected chi connectivity index (χ4v) is 2.60. The molecule has 0 saturated heterocycles. The highest BCUT2D eigenvalue weighted by Gasteiger charge is 2.42. The highest BCUT2D eigenvalue weighted by molar-refractivity contribution is 6.32. The lowest BCUT2D eigenvalue weighted by molar-refractivity contribution is -0.0759. The monoisotopic (exact) mass is 274 g/mol. The molecule has 1 aromatic rings. The highest BCUT2D eigenvalue weighted by Crippen LogP contribution is 2.35. The van der Waals surface area contributed by atoms with Gasteiger partial charge in [0.25, 0.3) is 0 Å². The number of alkyl halides is 1. The van der Waals surface area contributed by atoms with Gasteiger partial charge in [0, 0.05) is 13.0 Å². The van der Waals surface area contributed by atoms with E-state index in [4.69, 9.17) is 32.7 Å². The van der Waals surface area contributed by atoms with Gasteiger partial charge in [-0.25, -0.2) is 0 Å². The molecule has 2 nitrogen and oxygen atoms in total. The predicted molar refractivity (Wildman–Crippen MR) is 70.3 cm³/mol. The van der Waals surface area contributed by atoms with Crippen molar-refractivity contribution < 1.29 is 9.47 Å². The van der Waals surface area contributed by atoms with E-state index in [1.54, 1.807) is 0 Å². The van der Waals surface area contributed by atoms with Crippen molar-refractivity contribution in [1.29, 1.82) is 0 Å². The Hall–Kier alpha value is -0.440. The van der Waals surface area contributed by atoms with Crippen LogP contribution >= 0.6 is 23.2 Å². The summed E-state index contributed by atoms with van der Waals surface area (Å²) in [5.74, 6) is 0.704. The molecule has 3 atom stereocenters. The second-order valence-electron chi connectivity index (χ2n) is 4.26. The maximum Gasteiger partial charge on any atom is 0.138 e. The number of benzene rings is 1. The van der Waals surface area contributed by atoms with Crippen LogP contribution in [0.5, 0.6) is 5.75 Å². The first-order valence-corrected chi connectivity index (χ1v) is 6.61. The maximum atomic E-state index is 6.12. The van der Waals surface area contributed by atoms with E-state index in [0.29, 0.717) is 17.4 Å². The third-order valence-electron chi connectivity index (χ3n) is 2.91. The SMILES string of the molecule is CCOC1C(Cl)CC1Oc1ccc(C)cc1Cl. The van der Waals surface area contributed by atoms with Gasteiger partial charge in [-0.05, 0) is 31.5 Å². The van der Waals surface area contributed by atoms with Crippen LogP contribution in [-0.4, -0.2) is 24.2 Å². The summed E-state index contributed by atoms with van der Waals surface area (Å²) in [5.41, 5.74) is 1.12. The van der Waals surface area contributed by atoms with Crippen molar-refractivity contribution in [3.63, 3.8) is 0 Å². The first kappa shape index (κ1) is 13.0. The molecule has 4 heteroatoms. The lowest BCUT2D eigenvalue weighted by atomic mass is 9.91. The van der Waals surface area contributed by atoms with E-state index in [0.717, 1.165) is 12.0 Å². The molecule has 17 heavy (non-hydrogen) atoms. The van der Waals surface area contributed by atoms with Crippen molar-refractivity contribution in [2.75, 3.05) is 6.61 Å². The van der Waals surface area contributed by atoms with Crippen molar-refractivity contribution in [3.8, 4) is 5.75 Å². The van der Waals surface area contributed by atoms with Crippen molar-refractivity contribution >= 4 is 23.2 Å². The fourth-order valence-electron chi connectivity index (χ4n) is 1.91. The number of hydrogen-bond acceptors (Lipinski definition) is 2. The molecule has 0 radical (unpaired) electrons. The van der Waals surface area contributed by atoms with Gasteiger partial charge < -0.3 is 9.47 Å². The highest BCUT2D eigenvalue weighted by atomic mass is 35.5. The molecule has 1 aromatic carbocycles. The number of rotatable bonds is 4. The number of halogens is 2. The standard InChI is InChI=1S/C13H16Cl2O2/c1-3-16-13-10(15)7-12(13)17-11-5-4-8(2)6-9(11)14/h4-6,10,12-13H,3,7H2,1-2H3. The minimum atomic E-state index is -0.0287. The minimum absolute atomic E-state index is 0.0117. The van der Waals surface area contributed by atoms with Crippen LogP contribution in [0.1, 0.15) is 18.9 Å². The predicted octanol–water partition coefficient (Wildman–Crippen LogP) is 3.81. The van der Waals surface area contributed by atoms with Gasteiger partial charge in [-0.1, -0.05) is 17.7 Å². The normalized spacial score (nSPS) is 27.6. The van der Waals surface area contributed by atoms with Crippen LogP contribution in [0.25, 0.3) is 0 Å². The van der Waals surface area contributed by atoms with Crippen LogP contribution in [0.15, 0.2) is 18.2 Å². The van der Waals surface area contributed by atoms with Gasteiger partial charge in [-0.3, -0.25) is 0 Å². The van der Waals surface area contributed by atoms with Crippen molar-refractivity contribution in [2.45, 2.75) is 37.9 Å². The zero-order chi connectivity index (χ0) is 12.4. The van der Waals surface area contributed by atoms with Gasteiger partial charge in [-0.2, -0.15) is 0 Å². The van der Waals surface area contributed by atoms with E-state index in [1.165, 1.54) is 0 Å². The maximum absolute atomic E-state index is 6.12.